The van der Waals surface area contributed by atoms with Crippen molar-refractivity contribution in [1.29, 1.82) is 0 Å². The van der Waals surface area contributed by atoms with Crippen LogP contribution in [0, 0.1) is 0 Å². The molecule has 6 heteroatoms. The highest BCUT2D eigenvalue weighted by Crippen LogP contribution is 1.99. The van der Waals surface area contributed by atoms with Crippen molar-refractivity contribution in [3.63, 3.8) is 0 Å². The van der Waals surface area contributed by atoms with Gasteiger partial charge in [-0.3, -0.25) is 4.79 Å². The smallest absolute Gasteiger partial charge is 0.155 e. The Labute approximate surface area is 113 Å². The van der Waals surface area contributed by atoms with E-state index in [-0.39, 0.29) is 5.78 Å². The second-order valence-corrected chi connectivity index (χ2v) is 3.95. The Morgan fingerprint density at radius 2 is 2.21 bits per heavy atom. The highest BCUT2D eigenvalue weighted by molar-refractivity contribution is 5.89. The number of hydrogen-bond donors (Lipinski definition) is 0. The zero-order valence-corrected chi connectivity index (χ0v) is 11.4. The Morgan fingerprint density at radius 1 is 1.42 bits per heavy atom. The minimum atomic E-state index is 0.0220. The molecule has 0 unspecified atom stereocenters. The first-order valence-corrected chi connectivity index (χ1v) is 6.46. The topological polar surface area (TPSA) is 66.2 Å². The Kier molecular flexibility index (Phi) is 7.69. The SMILES string of the molecule is C=CC(=O)CCc1cn(CCOCCOCC)nn1. The number of rotatable bonds is 11. The summed E-state index contributed by atoms with van der Waals surface area (Å²) < 4.78 is 12.3. The lowest BCUT2D eigenvalue weighted by molar-refractivity contribution is -0.114. The number of aryl methyl sites for hydroxylation is 1. The zero-order chi connectivity index (χ0) is 13.9. The molecule has 0 N–H and O–H groups in total. The van der Waals surface area contributed by atoms with E-state index in [1.165, 1.54) is 6.08 Å². The van der Waals surface area contributed by atoms with E-state index in [1.54, 1.807) is 4.68 Å². The predicted octanol–water partition coefficient (Wildman–Crippen LogP) is 1.02. The van der Waals surface area contributed by atoms with Crippen molar-refractivity contribution in [2.45, 2.75) is 26.3 Å². The molecular formula is C13H21N3O3. The van der Waals surface area contributed by atoms with Gasteiger partial charge in [0.15, 0.2) is 5.78 Å². The summed E-state index contributed by atoms with van der Waals surface area (Å²) in [5, 5.41) is 7.97. The molecule has 0 fully saturated rings. The molecule has 0 bridgehead atoms. The van der Waals surface area contributed by atoms with Crippen molar-refractivity contribution >= 4 is 5.78 Å². The van der Waals surface area contributed by atoms with Crippen LogP contribution in [0.4, 0.5) is 0 Å². The lowest BCUT2D eigenvalue weighted by Gasteiger charge is -2.03. The van der Waals surface area contributed by atoms with Gasteiger partial charge in [0.1, 0.15) is 0 Å². The van der Waals surface area contributed by atoms with E-state index in [0.29, 0.717) is 45.8 Å². The van der Waals surface area contributed by atoms with Gasteiger partial charge < -0.3 is 9.47 Å². The third kappa shape index (κ3) is 6.83. The van der Waals surface area contributed by atoms with Gasteiger partial charge in [0.2, 0.25) is 0 Å². The number of ether oxygens (including phenoxy) is 2. The Hall–Kier alpha value is -1.53. The van der Waals surface area contributed by atoms with Crippen LogP contribution in [0.3, 0.4) is 0 Å². The standard InChI is InChI=1S/C13H21N3O3/c1-3-13(17)6-5-12-11-16(15-14-12)7-8-19-10-9-18-4-2/h3,11H,1,4-10H2,2H3. The van der Waals surface area contributed by atoms with E-state index in [0.717, 1.165) is 5.69 Å². The van der Waals surface area contributed by atoms with Crippen molar-refractivity contribution < 1.29 is 14.3 Å². The van der Waals surface area contributed by atoms with Gasteiger partial charge in [-0.15, -0.1) is 5.10 Å². The Balaban J connectivity index is 2.16. The van der Waals surface area contributed by atoms with Crippen molar-refractivity contribution in [2.24, 2.45) is 0 Å². The van der Waals surface area contributed by atoms with Crippen molar-refractivity contribution in [3.05, 3.63) is 24.5 Å². The molecule has 19 heavy (non-hydrogen) atoms. The van der Waals surface area contributed by atoms with Gasteiger partial charge >= 0.3 is 0 Å². The number of carbonyl (C=O) groups is 1. The average molecular weight is 267 g/mol. The molecule has 1 aromatic rings. The molecule has 0 aromatic carbocycles. The maximum atomic E-state index is 11.1. The molecule has 0 aliphatic rings. The van der Waals surface area contributed by atoms with Crippen LogP contribution in [-0.2, 0) is 27.2 Å². The molecule has 0 saturated heterocycles. The third-order valence-corrected chi connectivity index (χ3v) is 2.48. The molecule has 0 amide bonds. The molecule has 1 aromatic heterocycles. The average Bonchev–Trinajstić information content (AvgIpc) is 2.88. The fraction of sp³-hybridized carbons (Fsp3) is 0.615. The van der Waals surface area contributed by atoms with Crippen molar-refractivity contribution in [3.8, 4) is 0 Å². The first-order chi connectivity index (χ1) is 9.26. The summed E-state index contributed by atoms with van der Waals surface area (Å²) in [5.74, 6) is 0.0220. The van der Waals surface area contributed by atoms with Crippen molar-refractivity contribution in [2.75, 3.05) is 26.4 Å². The molecule has 6 nitrogen and oxygen atoms in total. The van der Waals surface area contributed by atoms with E-state index in [4.69, 9.17) is 9.47 Å². The molecule has 0 saturated carbocycles. The number of hydrogen-bond acceptors (Lipinski definition) is 5. The lowest BCUT2D eigenvalue weighted by Crippen LogP contribution is -2.10. The minimum absolute atomic E-state index is 0.0220. The van der Waals surface area contributed by atoms with Gasteiger partial charge in [0, 0.05) is 25.6 Å². The van der Waals surface area contributed by atoms with Gasteiger partial charge in [0.05, 0.1) is 32.1 Å². The second kappa shape index (κ2) is 9.41. The van der Waals surface area contributed by atoms with Gasteiger partial charge in [-0.1, -0.05) is 11.8 Å². The monoisotopic (exact) mass is 267 g/mol. The maximum Gasteiger partial charge on any atom is 0.155 e. The highest BCUT2D eigenvalue weighted by Gasteiger charge is 2.03. The van der Waals surface area contributed by atoms with Crippen LogP contribution >= 0.6 is 0 Å². The summed E-state index contributed by atoms with van der Waals surface area (Å²) in [6.45, 7) is 8.51. The molecule has 0 aliphatic carbocycles. The Morgan fingerprint density at radius 3 is 2.95 bits per heavy atom. The van der Waals surface area contributed by atoms with Crippen LogP contribution < -0.4 is 0 Å². The summed E-state index contributed by atoms with van der Waals surface area (Å²) >= 11 is 0. The summed E-state index contributed by atoms with van der Waals surface area (Å²) in [6.07, 6.45) is 4.18. The van der Waals surface area contributed by atoms with Gasteiger partial charge in [-0.25, -0.2) is 4.68 Å². The summed E-state index contributed by atoms with van der Waals surface area (Å²) in [7, 11) is 0. The summed E-state index contributed by atoms with van der Waals surface area (Å²) in [4.78, 5) is 11.1. The molecule has 1 heterocycles. The first kappa shape index (κ1) is 15.5. The molecule has 0 spiro atoms. The maximum absolute atomic E-state index is 11.1. The molecule has 0 aliphatic heterocycles. The molecular weight excluding hydrogens is 246 g/mol. The minimum Gasteiger partial charge on any atom is -0.379 e. The number of allylic oxidation sites excluding steroid dienone is 1. The molecule has 0 radical (unpaired) electrons. The van der Waals surface area contributed by atoms with Crippen LogP contribution in [0.15, 0.2) is 18.9 Å². The van der Waals surface area contributed by atoms with E-state index in [1.807, 2.05) is 13.1 Å². The van der Waals surface area contributed by atoms with Gasteiger partial charge in [-0.2, -0.15) is 0 Å². The quantitative estimate of drug-likeness (QED) is 0.442. The second-order valence-electron chi connectivity index (χ2n) is 3.95. The molecule has 0 atom stereocenters. The van der Waals surface area contributed by atoms with Crippen LogP contribution in [-0.4, -0.2) is 47.2 Å². The highest BCUT2D eigenvalue weighted by atomic mass is 16.5. The molecule has 106 valence electrons. The van der Waals surface area contributed by atoms with Crippen LogP contribution in [0.1, 0.15) is 19.0 Å². The summed E-state index contributed by atoms with van der Waals surface area (Å²) in [5.41, 5.74) is 0.810. The zero-order valence-electron chi connectivity index (χ0n) is 11.4. The number of aromatic nitrogens is 3. The van der Waals surface area contributed by atoms with Crippen LogP contribution in [0.25, 0.3) is 0 Å². The predicted molar refractivity (Wildman–Crippen MR) is 70.9 cm³/mol. The first-order valence-electron chi connectivity index (χ1n) is 6.46. The van der Waals surface area contributed by atoms with Gasteiger partial charge in [0.25, 0.3) is 0 Å². The van der Waals surface area contributed by atoms with E-state index >= 15 is 0 Å². The fourth-order valence-corrected chi connectivity index (χ4v) is 1.44. The van der Waals surface area contributed by atoms with E-state index in [2.05, 4.69) is 16.9 Å². The van der Waals surface area contributed by atoms with Gasteiger partial charge in [-0.05, 0) is 13.0 Å². The normalized spacial score (nSPS) is 10.6. The Bertz CT molecular complexity index is 390. The largest absolute Gasteiger partial charge is 0.379 e. The fourth-order valence-electron chi connectivity index (χ4n) is 1.44. The van der Waals surface area contributed by atoms with Crippen LogP contribution in [0.2, 0.25) is 0 Å². The summed E-state index contributed by atoms with van der Waals surface area (Å²) in [6, 6.07) is 0. The molecule has 1 rings (SSSR count). The number of carbonyl (C=O) groups excluding carboxylic acids is 1. The lowest BCUT2D eigenvalue weighted by atomic mass is 10.2. The third-order valence-electron chi connectivity index (χ3n) is 2.48. The van der Waals surface area contributed by atoms with Crippen LogP contribution in [0.5, 0.6) is 0 Å². The number of ketones is 1. The van der Waals surface area contributed by atoms with E-state index < -0.39 is 0 Å². The van der Waals surface area contributed by atoms with Crippen molar-refractivity contribution in [1.82, 2.24) is 15.0 Å². The number of nitrogens with zero attached hydrogens (tertiary/aromatic N) is 3. The van der Waals surface area contributed by atoms with E-state index in [9.17, 15) is 4.79 Å².